The van der Waals surface area contributed by atoms with E-state index in [1.165, 1.54) is 0 Å². The van der Waals surface area contributed by atoms with E-state index in [0.717, 1.165) is 21.0 Å². The van der Waals surface area contributed by atoms with Crippen LogP contribution in [0.3, 0.4) is 0 Å². The predicted octanol–water partition coefficient (Wildman–Crippen LogP) is 4.62. The molecule has 3 rings (SSSR count). The highest BCUT2D eigenvalue weighted by molar-refractivity contribution is 7.17. The molecule has 0 radical (unpaired) electrons. The van der Waals surface area contributed by atoms with Crippen LogP contribution in [0.4, 0.5) is 0 Å². The van der Waals surface area contributed by atoms with E-state index in [1.54, 1.807) is 35.9 Å². The van der Waals surface area contributed by atoms with Crippen LogP contribution in [0.5, 0.6) is 0 Å². The van der Waals surface area contributed by atoms with Crippen molar-refractivity contribution in [2.75, 3.05) is 0 Å². The van der Waals surface area contributed by atoms with Crippen molar-refractivity contribution in [1.82, 2.24) is 10.4 Å². The monoisotopic (exact) mass is 355 g/mol. The van der Waals surface area contributed by atoms with Gasteiger partial charge in [-0.2, -0.15) is 5.10 Å². The molecule has 0 fully saturated rings. The van der Waals surface area contributed by atoms with Crippen molar-refractivity contribution in [1.29, 1.82) is 0 Å². The third-order valence-electron chi connectivity index (χ3n) is 3.37. The van der Waals surface area contributed by atoms with Gasteiger partial charge >= 0.3 is 0 Å². The number of thiophene rings is 1. The minimum atomic E-state index is -0.264. The van der Waals surface area contributed by atoms with Crippen molar-refractivity contribution in [3.8, 4) is 10.4 Å². The molecular weight excluding hydrogens is 342 g/mol. The maximum absolute atomic E-state index is 12.0. The zero-order valence-corrected chi connectivity index (χ0v) is 14.4. The number of aromatic nitrogens is 1. The smallest absolute Gasteiger partial charge is 0.267 e. The lowest BCUT2D eigenvalue weighted by atomic mass is 10.2. The van der Waals surface area contributed by atoms with Gasteiger partial charge in [0, 0.05) is 33.4 Å². The van der Waals surface area contributed by atoms with Crippen molar-refractivity contribution in [3.63, 3.8) is 0 Å². The van der Waals surface area contributed by atoms with Crippen molar-refractivity contribution in [2.45, 2.75) is 6.92 Å². The van der Waals surface area contributed by atoms with Gasteiger partial charge in [-0.3, -0.25) is 9.78 Å². The molecule has 0 aliphatic heterocycles. The number of nitrogens with zero attached hydrogens (tertiary/aromatic N) is 2. The highest BCUT2D eigenvalue weighted by atomic mass is 35.5. The summed E-state index contributed by atoms with van der Waals surface area (Å²) in [5, 5.41) is 4.89. The summed E-state index contributed by atoms with van der Waals surface area (Å²) in [6.45, 7) is 1.86. The highest BCUT2D eigenvalue weighted by Crippen LogP contribution is 2.33. The molecule has 0 atom stereocenters. The maximum atomic E-state index is 12.0. The Morgan fingerprint density at radius 2 is 1.88 bits per heavy atom. The van der Waals surface area contributed by atoms with Gasteiger partial charge in [0.25, 0.3) is 5.91 Å². The van der Waals surface area contributed by atoms with Crippen LogP contribution in [0, 0.1) is 0 Å². The number of carbonyl (C=O) groups is 1. The lowest BCUT2D eigenvalue weighted by Crippen LogP contribution is -2.19. The van der Waals surface area contributed by atoms with Crippen LogP contribution in [0.25, 0.3) is 10.4 Å². The van der Waals surface area contributed by atoms with Crippen molar-refractivity contribution in [2.24, 2.45) is 5.10 Å². The summed E-state index contributed by atoms with van der Waals surface area (Å²) in [7, 11) is 0. The van der Waals surface area contributed by atoms with Crippen LogP contribution in [-0.4, -0.2) is 16.6 Å². The Morgan fingerprint density at radius 3 is 2.62 bits per heavy atom. The summed E-state index contributed by atoms with van der Waals surface area (Å²) >= 11 is 7.81. The summed E-state index contributed by atoms with van der Waals surface area (Å²) in [4.78, 5) is 17.9. The van der Waals surface area contributed by atoms with E-state index < -0.39 is 0 Å². The Labute approximate surface area is 148 Å². The standard InChI is InChI=1S/C18H14ClN3OS/c1-12(21-22-18(23)13-8-10-20-11-9-13)16-6-7-17(24-16)14-4-2-3-5-15(14)19/h2-11H,1H3,(H,22,23). The van der Waals surface area contributed by atoms with Crippen LogP contribution in [-0.2, 0) is 0 Å². The normalized spacial score (nSPS) is 11.3. The fraction of sp³-hybridized carbons (Fsp3) is 0.0556. The van der Waals surface area contributed by atoms with Crippen molar-refractivity contribution < 1.29 is 4.79 Å². The summed E-state index contributed by atoms with van der Waals surface area (Å²) in [6.07, 6.45) is 3.14. The van der Waals surface area contributed by atoms with Crippen LogP contribution in [0.15, 0.2) is 66.0 Å². The topological polar surface area (TPSA) is 54.4 Å². The molecule has 0 aliphatic rings. The number of rotatable bonds is 4. The zero-order valence-electron chi connectivity index (χ0n) is 12.9. The van der Waals surface area contributed by atoms with Gasteiger partial charge in [0.1, 0.15) is 0 Å². The summed E-state index contributed by atoms with van der Waals surface area (Å²) in [5.74, 6) is -0.264. The third kappa shape index (κ3) is 3.69. The lowest BCUT2D eigenvalue weighted by Gasteiger charge is -2.01. The number of halogens is 1. The SMILES string of the molecule is CC(=NNC(=O)c1ccncc1)c1ccc(-c2ccccc2Cl)s1. The van der Waals surface area contributed by atoms with Gasteiger partial charge in [0.2, 0.25) is 0 Å². The molecule has 0 bridgehead atoms. The van der Waals surface area contributed by atoms with Crippen LogP contribution in [0.1, 0.15) is 22.2 Å². The summed E-state index contributed by atoms with van der Waals surface area (Å²) < 4.78 is 0. The predicted molar refractivity (Wildman–Crippen MR) is 98.7 cm³/mol. The lowest BCUT2D eigenvalue weighted by molar-refractivity contribution is 0.0954. The second-order valence-corrected chi connectivity index (χ2v) is 6.51. The fourth-order valence-electron chi connectivity index (χ4n) is 2.10. The number of benzene rings is 1. The fourth-order valence-corrected chi connectivity index (χ4v) is 3.38. The van der Waals surface area contributed by atoms with Gasteiger partial charge in [0.15, 0.2) is 0 Å². The van der Waals surface area contributed by atoms with Crippen LogP contribution >= 0.6 is 22.9 Å². The molecule has 2 heterocycles. The highest BCUT2D eigenvalue weighted by Gasteiger charge is 2.09. The Morgan fingerprint density at radius 1 is 1.12 bits per heavy atom. The molecule has 2 aromatic heterocycles. The van der Waals surface area contributed by atoms with Gasteiger partial charge < -0.3 is 0 Å². The van der Waals surface area contributed by atoms with Crippen LogP contribution in [0.2, 0.25) is 5.02 Å². The quantitative estimate of drug-likeness (QED) is 0.548. The van der Waals surface area contributed by atoms with E-state index in [4.69, 9.17) is 11.6 Å². The largest absolute Gasteiger partial charge is 0.271 e. The molecule has 1 N–H and O–H groups in total. The Hall–Kier alpha value is -2.50. The molecule has 0 saturated heterocycles. The first-order valence-electron chi connectivity index (χ1n) is 7.25. The number of pyridine rings is 1. The molecule has 3 aromatic rings. The van der Waals surface area contributed by atoms with E-state index in [1.807, 2.05) is 43.3 Å². The number of hydrazone groups is 1. The number of hydrogen-bond acceptors (Lipinski definition) is 4. The molecule has 120 valence electrons. The number of amides is 1. The molecular formula is C18H14ClN3OS. The van der Waals surface area contributed by atoms with Gasteiger partial charge in [-0.25, -0.2) is 5.43 Å². The second-order valence-electron chi connectivity index (χ2n) is 5.02. The molecule has 0 saturated carbocycles. The summed E-state index contributed by atoms with van der Waals surface area (Å²) in [6, 6.07) is 15.0. The molecule has 0 aliphatic carbocycles. The van der Waals surface area contributed by atoms with Crippen LogP contribution < -0.4 is 5.43 Å². The van der Waals surface area contributed by atoms with Crippen molar-refractivity contribution >= 4 is 34.6 Å². The minimum Gasteiger partial charge on any atom is -0.267 e. The zero-order chi connectivity index (χ0) is 16.9. The first kappa shape index (κ1) is 16.4. The Balaban J connectivity index is 1.75. The molecule has 24 heavy (non-hydrogen) atoms. The van der Waals surface area contributed by atoms with Crippen molar-refractivity contribution in [3.05, 3.63) is 76.4 Å². The number of nitrogens with one attached hydrogen (secondary N) is 1. The average Bonchev–Trinajstić information content (AvgIpc) is 3.10. The summed E-state index contributed by atoms with van der Waals surface area (Å²) in [5.41, 5.74) is 4.80. The Kier molecular flexibility index (Phi) is 5.03. The third-order valence-corrected chi connectivity index (χ3v) is 4.93. The minimum absolute atomic E-state index is 0.264. The van der Waals surface area contributed by atoms with E-state index in [2.05, 4.69) is 15.5 Å². The molecule has 1 amide bonds. The average molecular weight is 356 g/mol. The Bertz CT molecular complexity index is 890. The van der Waals surface area contributed by atoms with E-state index in [9.17, 15) is 4.79 Å². The molecule has 4 nitrogen and oxygen atoms in total. The maximum Gasteiger partial charge on any atom is 0.271 e. The molecule has 0 spiro atoms. The first-order chi connectivity index (χ1) is 11.6. The second kappa shape index (κ2) is 7.38. The van der Waals surface area contributed by atoms with E-state index >= 15 is 0 Å². The van der Waals surface area contributed by atoms with E-state index in [-0.39, 0.29) is 5.91 Å². The van der Waals surface area contributed by atoms with Gasteiger partial charge in [0.05, 0.1) is 10.6 Å². The first-order valence-corrected chi connectivity index (χ1v) is 8.44. The number of carbonyl (C=O) groups excluding carboxylic acids is 1. The number of hydrogen-bond donors (Lipinski definition) is 1. The molecule has 0 unspecified atom stereocenters. The molecule has 6 heteroatoms. The van der Waals surface area contributed by atoms with E-state index in [0.29, 0.717) is 10.6 Å². The molecule has 1 aromatic carbocycles. The van der Waals surface area contributed by atoms with Gasteiger partial charge in [-0.15, -0.1) is 11.3 Å². The van der Waals surface area contributed by atoms with Gasteiger partial charge in [-0.1, -0.05) is 29.8 Å². The van der Waals surface area contributed by atoms with Gasteiger partial charge in [-0.05, 0) is 37.3 Å².